The van der Waals surface area contributed by atoms with E-state index in [0.717, 1.165) is 23.4 Å². The van der Waals surface area contributed by atoms with Crippen molar-refractivity contribution in [2.24, 2.45) is 12.9 Å². The first-order chi connectivity index (χ1) is 10.2. The molecule has 6 nitrogen and oxygen atoms in total. The van der Waals surface area contributed by atoms with E-state index < -0.39 is 0 Å². The first-order valence-electron chi connectivity index (χ1n) is 7.67. The third kappa shape index (κ3) is 3.01. The standard InChI is InChI=1S/C15H24N6/c1-11-14(10-20(2)18-11)15(17-16)9-12-7-8-21(19-12)13-5-3-4-6-13/h7-8,10,13,15,17H,3-6,9,16H2,1-2H3. The molecule has 3 N–H and O–H groups in total. The van der Waals surface area contributed by atoms with Gasteiger partial charge < -0.3 is 0 Å². The minimum absolute atomic E-state index is 0.0469. The second-order valence-corrected chi connectivity index (χ2v) is 5.99. The number of hydrogen-bond acceptors (Lipinski definition) is 4. The molecule has 1 saturated carbocycles. The Bertz CT molecular complexity index is 593. The van der Waals surface area contributed by atoms with Crippen LogP contribution in [-0.2, 0) is 13.5 Å². The molecular weight excluding hydrogens is 264 g/mol. The molecule has 2 heterocycles. The highest BCUT2D eigenvalue weighted by Crippen LogP contribution is 2.29. The minimum atomic E-state index is 0.0469. The van der Waals surface area contributed by atoms with E-state index in [1.807, 2.05) is 24.9 Å². The van der Waals surface area contributed by atoms with Gasteiger partial charge in [-0.2, -0.15) is 10.2 Å². The van der Waals surface area contributed by atoms with Crippen LogP contribution in [-0.4, -0.2) is 19.6 Å². The Morgan fingerprint density at radius 2 is 2.14 bits per heavy atom. The quantitative estimate of drug-likeness (QED) is 0.650. The number of nitrogens with two attached hydrogens (primary N) is 1. The number of nitrogens with zero attached hydrogens (tertiary/aromatic N) is 4. The van der Waals surface area contributed by atoms with Crippen molar-refractivity contribution in [3.05, 3.63) is 35.4 Å². The molecule has 114 valence electrons. The van der Waals surface area contributed by atoms with E-state index >= 15 is 0 Å². The van der Waals surface area contributed by atoms with Gasteiger partial charge in [0.25, 0.3) is 0 Å². The summed E-state index contributed by atoms with van der Waals surface area (Å²) >= 11 is 0. The van der Waals surface area contributed by atoms with E-state index in [-0.39, 0.29) is 6.04 Å². The van der Waals surface area contributed by atoms with Crippen LogP contribution in [0.5, 0.6) is 0 Å². The van der Waals surface area contributed by atoms with Crippen LogP contribution in [0.2, 0.25) is 0 Å². The van der Waals surface area contributed by atoms with Crippen LogP contribution in [0, 0.1) is 6.92 Å². The maximum Gasteiger partial charge on any atom is 0.0644 e. The van der Waals surface area contributed by atoms with Crippen LogP contribution in [0.3, 0.4) is 0 Å². The average Bonchev–Trinajstić information content (AvgIpc) is 3.16. The molecule has 0 aromatic carbocycles. The summed E-state index contributed by atoms with van der Waals surface area (Å²) in [6.07, 6.45) is 10.1. The van der Waals surface area contributed by atoms with Crippen molar-refractivity contribution in [2.75, 3.05) is 0 Å². The van der Waals surface area contributed by atoms with Gasteiger partial charge >= 0.3 is 0 Å². The van der Waals surface area contributed by atoms with Gasteiger partial charge in [0.05, 0.1) is 23.5 Å². The summed E-state index contributed by atoms with van der Waals surface area (Å²) in [5.74, 6) is 5.74. The minimum Gasteiger partial charge on any atom is -0.275 e. The van der Waals surface area contributed by atoms with Crippen molar-refractivity contribution in [3.8, 4) is 0 Å². The smallest absolute Gasteiger partial charge is 0.0644 e. The second kappa shape index (κ2) is 5.99. The fourth-order valence-electron chi connectivity index (χ4n) is 3.29. The average molecular weight is 288 g/mol. The van der Waals surface area contributed by atoms with Gasteiger partial charge in [-0.05, 0) is 25.8 Å². The lowest BCUT2D eigenvalue weighted by atomic mass is 10.0. The van der Waals surface area contributed by atoms with Crippen LogP contribution in [0.25, 0.3) is 0 Å². The number of rotatable bonds is 5. The number of hydrogen-bond donors (Lipinski definition) is 2. The number of aryl methyl sites for hydroxylation is 2. The third-order valence-electron chi connectivity index (χ3n) is 4.40. The van der Waals surface area contributed by atoms with Gasteiger partial charge in [-0.1, -0.05) is 12.8 Å². The summed E-state index contributed by atoms with van der Waals surface area (Å²) in [7, 11) is 1.93. The highest BCUT2D eigenvalue weighted by molar-refractivity contribution is 5.22. The lowest BCUT2D eigenvalue weighted by Gasteiger charge is -2.14. The van der Waals surface area contributed by atoms with Crippen molar-refractivity contribution in [2.45, 2.75) is 51.1 Å². The van der Waals surface area contributed by atoms with Crippen LogP contribution < -0.4 is 11.3 Å². The predicted molar refractivity (Wildman–Crippen MR) is 81.4 cm³/mol. The summed E-state index contributed by atoms with van der Waals surface area (Å²) in [5.41, 5.74) is 6.12. The predicted octanol–water partition coefficient (Wildman–Crippen LogP) is 1.79. The monoisotopic (exact) mass is 288 g/mol. The zero-order valence-electron chi connectivity index (χ0n) is 12.8. The maximum atomic E-state index is 5.74. The summed E-state index contributed by atoms with van der Waals surface area (Å²) in [4.78, 5) is 0. The fourth-order valence-corrected chi connectivity index (χ4v) is 3.29. The zero-order chi connectivity index (χ0) is 14.8. The Balaban J connectivity index is 1.73. The summed E-state index contributed by atoms with van der Waals surface area (Å²) < 4.78 is 3.96. The number of nitrogens with one attached hydrogen (secondary N) is 1. The Hall–Kier alpha value is -1.66. The van der Waals surface area contributed by atoms with E-state index in [2.05, 4.69) is 27.5 Å². The molecule has 1 fully saturated rings. The lowest BCUT2D eigenvalue weighted by Crippen LogP contribution is -2.30. The molecule has 2 aromatic rings. The van der Waals surface area contributed by atoms with E-state index in [1.165, 1.54) is 25.7 Å². The van der Waals surface area contributed by atoms with Crippen molar-refractivity contribution in [1.29, 1.82) is 0 Å². The molecule has 1 atom stereocenters. The van der Waals surface area contributed by atoms with Crippen molar-refractivity contribution < 1.29 is 0 Å². The molecule has 0 aliphatic heterocycles. The molecule has 1 aliphatic carbocycles. The van der Waals surface area contributed by atoms with E-state index in [0.29, 0.717) is 6.04 Å². The molecular formula is C15H24N6. The first-order valence-corrected chi connectivity index (χ1v) is 7.67. The summed E-state index contributed by atoms with van der Waals surface area (Å²) in [6, 6.07) is 2.74. The fraction of sp³-hybridized carbons (Fsp3) is 0.600. The van der Waals surface area contributed by atoms with Crippen molar-refractivity contribution >= 4 is 0 Å². The Morgan fingerprint density at radius 1 is 1.38 bits per heavy atom. The largest absolute Gasteiger partial charge is 0.275 e. The molecule has 0 spiro atoms. The lowest BCUT2D eigenvalue weighted by molar-refractivity contribution is 0.457. The Labute approximate surface area is 125 Å². The van der Waals surface area contributed by atoms with Gasteiger partial charge in [-0.3, -0.25) is 20.6 Å². The topological polar surface area (TPSA) is 73.7 Å². The van der Waals surface area contributed by atoms with Gasteiger partial charge in [0, 0.05) is 31.4 Å². The molecule has 0 amide bonds. The molecule has 1 unspecified atom stereocenters. The van der Waals surface area contributed by atoms with E-state index in [9.17, 15) is 0 Å². The molecule has 2 aromatic heterocycles. The molecule has 0 saturated heterocycles. The molecule has 0 radical (unpaired) electrons. The SMILES string of the molecule is Cc1nn(C)cc1C(Cc1ccn(C2CCCC2)n1)NN. The highest BCUT2D eigenvalue weighted by atomic mass is 15.3. The van der Waals surface area contributed by atoms with Crippen LogP contribution in [0.4, 0.5) is 0 Å². The van der Waals surface area contributed by atoms with Crippen LogP contribution >= 0.6 is 0 Å². The Kier molecular flexibility index (Phi) is 4.07. The van der Waals surface area contributed by atoms with E-state index in [4.69, 9.17) is 10.9 Å². The van der Waals surface area contributed by atoms with Gasteiger partial charge in [0.1, 0.15) is 0 Å². The molecule has 1 aliphatic rings. The van der Waals surface area contributed by atoms with Gasteiger partial charge in [0.15, 0.2) is 0 Å². The van der Waals surface area contributed by atoms with Crippen LogP contribution in [0.15, 0.2) is 18.5 Å². The zero-order valence-corrected chi connectivity index (χ0v) is 12.8. The summed E-state index contributed by atoms with van der Waals surface area (Å²) in [5, 5.41) is 9.12. The molecule has 3 rings (SSSR count). The van der Waals surface area contributed by atoms with Gasteiger partial charge in [-0.15, -0.1) is 0 Å². The van der Waals surface area contributed by atoms with Gasteiger partial charge in [-0.25, -0.2) is 0 Å². The second-order valence-electron chi connectivity index (χ2n) is 5.99. The number of hydrazine groups is 1. The molecule has 0 bridgehead atoms. The molecule has 21 heavy (non-hydrogen) atoms. The van der Waals surface area contributed by atoms with Crippen LogP contribution in [0.1, 0.15) is 54.7 Å². The number of aromatic nitrogens is 4. The highest BCUT2D eigenvalue weighted by Gasteiger charge is 2.20. The maximum absolute atomic E-state index is 5.74. The van der Waals surface area contributed by atoms with E-state index in [1.54, 1.807) is 0 Å². The van der Waals surface area contributed by atoms with Crippen molar-refractivity contribution in [3.63, 3.8) is 0 Å². The molecule has 6 heteroatoms. The van der Waals surface area contributed by atoms with Gasteiger partial charge in [0.2, 0.25) is 0 Å². The third-order valence-corrected chi connectivity index (χ3v) is 4.40. The van der Waals surface area contributed by atoms with Crippen molar-refractivity contribution in [1.82, 2.24) is 25.0 Å². The Morgan fingerprint density at radius 3 is 2.76 bits per heavy atom. The first kappa shape index (κ1) is 14.3. The summed E-state index contributed by atoms with van der Waals surface area (Å²) in [6.45, 7) is 2.01. The normalized spacial score (nSPS) is 17.5.